The second kappa shape index (κ2) is 16.9. The number of hydrogen-bond acceptors (Lipinski definition) is 6. The number of benzene rings is 3. The normalized spacial score (nSPS) is 18.2. The molecule has 1 atom stereocenters. The number of likely N-dealkylation sites (tertiary alicyclic amines) is 1. The molecule has 276 valence electrons. The first-order valence-electron chi connectivity index (χ1n) is 18.7. The summed E-state index contributed by atoms with van der Waals surface area (Å²) in [7, 11) is 0. The van der Waals surface area contributed by atoms with Gasteiger partial charge in [0.2, 0.25) is 11.8 Å². The van der Waals surface area contributed by atoms with E-state index in [-0.39, 0.29) is 36.2 Å². The van der Waals surface area contributed by atoms with Gasteiger partial charge in [-0.1, -0.05) is 87.2 Å². The van der Waals surface area contributed by atoms with Crippen LogP contribution in [0.25, 0.3) is 0 Å². The lowest BCUT2D eigenvalue weighted by atomic mass is 9.85. The maximum absolute atomic E-state index is 14.3. The summed E-state index contributed by atoms with van der Waals surface area (Å²) in [5.41, 5.74) is 2.43. The van der Waals surface area contributed by atoms with Crippen LogP contribution in [0.4, 0.5) is 5.69 Å². The number of para-hydroxylation sites is 1. The quantitative estimate of drug-likeness (QED) is 0.234. The van der Waals surface area contributed by atoms with Crippen LogP contribution in [0.5, 0.6) is 0 Å². The highest BCUT2D eigenvalue weighted by molar-refractivity contribution is 6.30. The summed E-state index contributed by atoms with van der Waals surface area (Å²) in [5, 5.41) is 10.2. The molecule has 2 saturated heterocycles. The third-order valence-electron chi connectivity index (χ3n) is 10.7. The number of nitrogens with zero attached hydrogens (tertiary/aromatic N) is 3. The van der Waals surface area contributed by atoms with Crippen molar-refractivity contribution >= 4 is 40.9 Å². The minimum absolute atomic E-state index is 0.00742. The van der Waals surface area contributed by atoms with Crippen molar-refractivity contribution in [3.8, 4) is 0 Å². The van der Waals surface area contributed by atoms with E-state index in [4.69, 9.17) is 11.6 Å². The van der Waals surface area contributed by atoms with E-state index in [0.29, 0.717) is 62.2 Å². The Balaban J connectivity index is 1.16. The molecule has 1 unspecified atom stereocenters. The maximum Gasteiger partial charge on any atom is 0.251 e. The number of halogens is 1. The fourth-order valence-electron chi connectivity index (χ4n) is 7.73. The first kappa shape index (κ1) is 37.4. The number of carbonyl (C=O) groups is 4. The third-order valence-corrected chi connectivity index (χ3v) is 10.9. The average molecular weight is 727 g/mol. The molecule has 1 aliphatic carbocycles. The van der Waals surface area contributed by atoms with Gasteiger partial charge in [0.25, 0.3) is 11.8 Å². The van der Waals surface area contributed by atoms with E-state index >= 15 is 0 Å². The van der Waals surface area contributed by atoms with Gasteiger partial charge in [-0.05, 0) is 73.2 Å². The Morgan fingerprint density at radius 3 is 2.17 bits per heavy atom. The summed E-state index contributed by atoms with van der Waals surface area (Å²) in [6, 6.07) is 24.2. The van der Waals surface area contributed by atoms with E-state index in [1.54, 1.807) is 34.1 Å². The van der Waals surface area contributed by atoms with Crippen molar-refractivity contribution < 1.29 is 19.2 Å². The Labute approximate surface area is 312 Å². The lowest BCUT2D eigenvalue weighted by Gasteiger charge is -2.44. The Morgan fingerprint density at radius 1 is 0.865 bits per heavy atom. The highest BCUT2D eigenvalue weighted by Crippen LogP contribution is 2.39. The predicted molar refractivity (Wildman–Crippen MR) is 204 cm³/mol. The van der Waals surface area contributed by atoms with Crippen molar-refractivity contribution in [2.45, 2.75) is 95.4 Å². The molecule has 0 bridgehead atoms. The van der Waals surface area contributed by atoms with Crippen molar-refractivity contribution in [3.63, 3.8) is 0 Å². The van der Waals surface area contributed by atoms with Gasteiger partial charge in [0.05, 0.1) is 6.67 Å². The number of hydrogen-bond donors (Lipinski definition) is 3. The number of piperidine rings is 1. The van der Waals surface area contributed by atoms with Crippen molar-refractivity contribution in [3.05, 3.63) is 101 Å². The van der Waals surface area contributed by atoms with Crippen molar-refractivity contribution in [2.24, 2.45) is 0 Å². The molecule has 52 heavy (non-hydrogen) atoms. The van der Waals surface area contributed by atoms with Gasteiger partial charge < -0.3 is 30.7 Å². The highest BCUT2D eigenvalue weighted by Gasteiger charge is 2.54. The SMILES string of the molecule is CC(C)NCc1ccc(C(=O)NC(Cc2ccc(Cl)cc2)C(=O)N2CCC3(CC2)C(=O)N(CC(=O)NC2CCCCC2)CN3c2ccccc2)cc1. The summed E-state index contributed by atoms with van der Waals surface area (Å²) in [4.78, 5) is 60.8. The summed E-state index contributed by atoms with van der Waals surface area (Å²) >= 11 is 6.15. The molecule has 2 aliphatic heterocycles. The second-order valence-electron chi connectivity index (χ2n) is 14.8. The maximum atomic E-state index is 14.3. The predicted octanol–water partition coefficient (Wildman–Crippen LogP) is 5.30. The van der Waals surface area contributed by atoms with Crippen LogP contribution in [-0.4, -0.2) is 83.4 Å². The lowest BCUT2D eigenvalue weighted by molar-refractivity contribution is -0.140. The van der Waals surface area contributed by atoms with Crippen LogP contribution >= 0.6 is 11.6 Å². The average Bonchev–Trinajstić information content (AvgIpc) is 3.41. The van der Waals surface area contributed by atoms with Gasteiger partial charge in [-0.2, -0.15) is 0 Å². The first-order valence-corrected chi connectivity index (χ1v) is 19.1. The van der Waals surface area contributed by atoms with E-state index in [0.717, 1.165) is 42.5 Å². The third kappa shape index (κ3) is 8.96. The molecule has 1 spiro atoms. The number of rotatable bonds is 12. The van der Waals surface area contributed by atoms with Crippen LogP contribution in [0, 0.1) is 0 Å². The fourth-order valence-corrected chi connectivity index (χ4v) is 7.85. The van der Waals surface area contributed by atoms with Gasteiger partial charge >= 0.3 is 0 Å². The van der Waals surface area contributed by atoms with E-state index in [1.807, 2.05) is 54.6 Å². The molecule has 4 amide bonds. The molecule has 0 radical (unpaired) electrons. The van der Waals surface area contributed by atoms with E-state index in [1.165, 1.54) is 6.42 Å². The molecule has 3 aromatic carbocycles. The van der Waals surface area contributed by atoms with Gasteiger partial charge in [0.15, 0.2) is 0 Å². The minimum atomic E-state index is -0.885. The lowest BCUT2D eigenvalue weighted by Crippen LogP contribution is -2.60. The molecule has 3 N–H and O–H groups in total. The van der Waals surface area contributed by atoms with Gasteiger partial charge in [-0.3, -0.25) is 19.2 Å². The molecule has 3 aliphatic rings. The van der Waals surface area contributed by atoms with Crippen LogP contribution in [0.2, 0.25) is 5.02 Å². The Bertz CT molecular complexity index is 1690. The van der Waals surface area contributed by atoms with Crippen LogP contribution in [0.3, 0.4) is 0 Å². The molecular weight excluding hydrogens is 676 g/mol. The summed E-state index contributed by atoms with van der Waals surface area (Å²) in [6.45, 7) is 5.84. The number of nitrogens with one attached hydrogen (secondary N) is 3. The van der Waals surface area contributed by atoms with Gasteiger partial charge in [-0.15, -0.1) is 0 Å². The van der Waals surface area contributed by atoms with Crippen molar-refractivity contribution in [2.75, 3.05) is 31.2 Å². The highest BCUT2D eigenvalue weighted by atomic mass is 35.5. The van der Waals surface area contributed by atoms with Crippen LogP contribution in [0.1, 0.15) is 80.3 Å². The second-order valence-corrected chi connectivity index (χ2v) is 15.2. The zero-order valence-corrected chi connectivity index (χ0v) is 31.0. The monoisotopic (exact) mass is 726 g/mol. The molecule has 2 heterocycles. The van der Waals surface area contributed by atoms with E-state index in [9.17, 15) is 19.2 Å². The van der Waals surface area contributed by atoms with Crippen LogP contribution in [0.15, 0.2) is 78.9 Å². The molecule has 6 rings (SSSR count). The standard InChI is InChI=1S/C41H51ClN6O4/c1-29(2)43-26-31-13-17-32(18-14-31)38(50)45-36(25-30-15-19-33(42)20-16-30)39(51)46-23-21-41(22-24-46)40(52)47(28-48(41)35-11-7-4-8-12-35)27-37(49)44-34-9-5-3-6-10-34/h4,7-8,11-20,29,34,36,43H,3,5-6,9-10,21-28H2,1-2H3,(H,44,49)(H,45,50). The zero-order valence-electron chi connectivity index (χ0n) is 30.3. The van der Waals surface area contributed by atoms with E-state index in [2.05, 4.69) is 34.7 Å². The van der Waals surface area contributed by atoms with Gasteiger partial charge in [0, 0.05) is 54.4 Å². The largest absolute Gasteiger partial charge is 0.352 e. The van der Waals surface area contributed by atoms with Crippen molar-refractivity contribution in [1.82, 2.24) is 25.8 Å². The van der Waals surface area contributed by atoms with Gasteiger partial charge in [0.1, 0.15) is 18.1 Å². The van der Waals surface area contributed by atoms with Crippen molar-refractivity contribution in [1.29, 1.82) is 0 Å². The molecule has 0 aromatic heterocycles. The molecule has 11 heteroatoms. The van der Waals surface area contributed by atoms with Crippen LogP contribution < -0.4 is 20.9 Å². The molecular formula is C41H51ClN6O4. The summed E-state index contributed by atoms with van der Waals surface area (Å²) < 4.78 is 0. The smallest absolute Gasteiger partial charge is 0.251 e. The summed E-state index contributed by atoms with van der Waals surface area (Å²) in [5.74, 6) is -0.732. The first-order chi connectivity index (χ1) is 25.1. The number of anilines is 1. The molecule has 10 nitrogen and oxygen atoms in total. The Kier molecular flexibility index (Phi) is 12.2. The number of carbonyl (C=O) groups excluding carboxylic acids is 4. The molecule has 1 saturated carbocycles. The topological polar surface area (TPSA) is 114 Å². The van der Waals surface area contributed by atoms with E-state index < -0.39 is 11.6 Å². The number of amides is 4. The Hall–Kier alpha value is -4.41. The zero-order chi connectivity index (χ0) is 36.7. The molecule has 3 aromatic rings. The molecule has 3 fully saturated rings. The summed E-state index contributed by atoms with van der Waals surface area (Å²) in [6.07, 6.45) is 6.48. The van der Waals surface area contributed by atoms with Crippen LogP contribution in [-0.2, 0) is 27.3 Å². The fraction of sp³-hybridized carbons (Fsp3) is 0.463. The van der Waals surface area contributed by atoms with Gasteiger partial charge in [-0.25, -0.2) is 0 Å². The Morgan fingerprint density at radius 2 is 1.52 bits per heavy atom. The minimum Gasteiger partial charge on any atom is -0.352 e.